The second kappa shape index (κ2) is 14.3. The van der Waals surface area contributed by atoms with Crippen molar-refractivity contribution in [2.75, 3.05) is 4.90 Å². The van der Waals surface area contributed by atoms with Gasteiger partial charge in [0.1, 0.15) is 0 Å². The van der Waals surface area contributed by atoms with Gasteiger partial charge in [0.05, 0.1) is 0 Å². The zero-order valence-corrected chi connectivity index (χ0v) is 29.9. The Kier molecular flexibility index (Phi) is 8.75. The van der Waals surface area contributed by atoms with E-state index in [4.69, 9.17) is 0 Å². The minimum Gasteiger partial charge on any atom is -0.311 e. The Balaban J connectivity index is 0.996. The monoisotopic (exact) mass is 679 g/mol. The van der Waals surface area contributed by atoms with Crippen molar-refractivity contribution in [3.8, 4) is 44.5 Å². The minimum absolute atomic E-state index is 0.399. The fourth-order valence-electron chi connectivity index (χ4n) is 8.15. The van der Waals surface area contributed by atoms with Gasteiger partial charge in [0.15, 0.2) is 0 Å². The minimum atomic E-state index is 0.399. The molecule has 0 aliphatic heterocycles. The third kappa shape index (κ3) is 6.47. The Bertz CT molecular complexity index is 2360. The van der Waals surface area contributed by atoms with Gasteiger partial charge in [-0.1, -0.05) is 177 Å². The third-order valence-electron chi connectivity index (χ3n) is 11.1. The van der Waals surface area contributed by atoms with E-state index < -0.39 is 0 Å². The molecule has 1 aliphatic carbocycles. The molecule has 2 unspecified atom stereocenters. The Hall–Kier alpha value is -6.44. The zero-order chi connectivity index (χ0) is 35.6. The predicted octanol–water partition coefficient (Wildman–Crippen LogP) is 14.3. The smallest absolute Gasteiger partial charge is 0.0462 e. The van der Waals surface area contributed by atoms with E-state index in [2.05, 4.69) is 218 Å². The Morgan fingerprint density at radius 1 is 0.377 bits per heavy atom. The summed E-state index contributed by atoms with van der Waals surface area (Å²) in [6, 6.07) is 75.1. The number of nitrogens with zero attached hydrogens (tertiary/aromatic N) is 1. The molecule has 0 bridgehead atoms. The molecule has 0 saturated heterocycles. The number of hydrogen-bond acceptors (Lipinski definition) is 1. The number of anilines is 3. The van der Waals surface area contributed by atoms with Crippen LogP contribution in [0.15, 0.2) is 206 Å². The van der Waals surface area contributed by atoms with E-state index in [1.54, 1.807) is 0 Å². The molecule has 9 rings (SSSR count). The van der Waals surface area contributed by atoms with Gasteiger partial charge in [-0.2, -0.15) is 0 Å². The summed E-state index contributed by atoms with van der Waals surface area (Å²) in [5.74, 6) is 0.844. The summed E-state index contributed by atoms with van der Waals surface area (Å²) >= 11 is 0. The molecule has 0 saturated carbocycles. The predicted molar refractivity (Wildman–Crippen MR) is 224 cm³/mol. The van der Waals surface area contributed by atoms with Crippen molar-refractivity contribution in [3.05, 3.63) is 223 Å². The molecule has 2 atom stereocenters. The van der Waals surface area contributed by atoms with Gasteiger partial charge in [-0.3, -0.25) is 0 Å². The van der Waals surface area contributed by atoms with Gasteiger partial charge in [0.25, 0.3) is 0 Å². The van der Waals surface area contributed by atoms with Crippen LogP contribution < -0.4 is 4.90 Å². The summed E-state index contributed by atoms with van der Waals surface area (Å²) in [4.78, 5) is 2.35. The highest BCUT2D eigenvalue weighted by Crippen LogP contribution is 2.46. The van der Waals surface area contributed by atoms with E-state index in [9.17, 15) is 0 Å². The van der Waals surface area contributed by atoms with Crippen LogP contribution in [-0.4, -0.2) is 0 Å². The van der Waals surface area contributed by atoms with Crippen molar-refractivity contribution in [2.45, 2.75) is 25.2 Å². The summed E-state index contributed by atoms with van der Waals surface area (Å²) in [7, 11) is 0. The quantitative estimate of drug-likeness (QED) is 0.154. The van der Waals surface area contributed by atoms with Gasteiger partial charge in [0, 0.05) is 17.1 Å². The lowest BCUT2D eigenvalue weighted by Gasteiger charge is -2.32. The van der Waals surface area contributed by atoms with Gasteiger partial charge < -0.3 is 4.90 Å². The maximum Gasteiger partial charge on any atom is 0.0462 e. The van der Waals surface area contributed by atoms with Crippen molar-refractivity contribution < 1.29 is 0 Å². The van der Waals surface area contributed by atoms with Crippen LogP contribution in [0, 0.1) is 0 Å². The van der Waals surface area contributed by atoms with Gasteiger partial charge in [-0.15, -0.1) is 0 Å². The molecule has 0 fully saturated rings. The van der Waals surface area contributed by atoms with Gasteiger partial charge >= 0.3 is 0 Å². The van der Waals surface area contributed by atoms with E-state index >= 15 is 0 Å². The number of benzene rings is 8. The first-order valence-corrected chi connectivity index (χ1v) is 18.7. The maximum atomic E-state index is 2.40. The molecular weight excluding hydrogens is 639 g/mol. The second-order valence-electron chi connectivity index (χ2n) is 14.2. The summed E-state index contributed by atoms with van der Waals surface area (Å²) in [6.07, 6.45) is 1.07. The van der Waals surface area contributed by atoms with Crippen LogP contribution in [0.25, 0.3) is 44.5 Å². The molecule has 0 N–H and O–H groups in total. The maximum absolute atomic E-state index is 2.40. The van der Waals surface area contributed by atoms with E-state index in [0.717, 1.165) is 23.5 Å². The van der Waals surface area contributed by atoms with Crippen molar-refractivity contribution in [1.82, 2.24) is 0 Å². The van der Waals surface area contributed by atoms with E-state index in [-0.39, 0.29) is 0 Å². The first kappa shape index (κ1) is 32.5. The van der Waals surface area contributed by atoms with Crippen molar-refractivity contribution in [3.63, 3.8) is 0 Å². The number of rotatable bonds is 8. The van der Waals surface area contributed by atoms with Crippen LogP contribution in [0.1, 0.15) is 35.4 Å². The first-order chi connectivity index (χ1) is 26.2. The largest absolute Gasteiger partial charge is 0.311 e. The van der Waals surface area contributed by atoms with Crippen LogP contribution in [0.2, 0.25) is 0 Å². The summed E-state index contributed by atoms with van der Waals surface area (Å²) in [6.45, 7) is 2.40. The molecule has 0 amide bonds. The van der Waals surface area contributed by atoms with Gasteiger partial charge in [-0.25, -0.2) is 0 Å². The molecule has 1 nitrogen and oxygen atoms in total. The normalized spacial score (nSPS) is 13.8. The molecule has 0 heterocycles. The second-order valence-corrected chi connectivity index (χ2v) is 14.2. The molecule has 53 heavy (non-hydrogen) atoms. The third-order valence-corrected chi connectivity index (χ3v) is 11.1. The molecule has 0 radical (unpaired) electrons. The molecule has 8 aromatic rings. The average molecular weight is 680 g/mol. The van der Waals surface area contributed by atoms with Crippen LogP contribution in [0.5, 0.6) is 0 Å². The molecule has 1 aliphatic rings. The lowest BCUT2D eigenvalue weighted by atomic mass is 9.72. The summed E-state index contributed by atoms with van der Waals surface area (Å²) < 4.78 is 0. The highest BCUT2D eigenvalue weighted by molar-refractivity contribution is 5.81. The number of fused-ring (bicyclic) bond motifs is 3. The molecule has 0 aromatic heterocycles. The van der Waals surface area contributed by atoms with E-state index in [1.165, 1.54) is 61.2 Å². The Morgan fingerprint density at radius 2 is 0.755 bits per heavy atom. The van der Waals surface area contributed by atoms with Gasteiger partial charge in [-0.05, 0) is 116 Å². The fraction of sp³-hybridized carbons (Fsp3) is 0.0769. The summed E-state index contributed by atoms with van der Waals surface area (Å²) in [5, 5.41) is 0. The standard InChI is InChI=1S/C52H41N/c1-37(52-36-45-16-8-9-17-49(45)50-18-10-11-19-51(50)52)38-20-22-41(23-21-38)44-28-34-48(35-29-44)53(46-30-24-42(25-31-46)39-12-4-2-5-13-39)47-32-26-43(27-33-47)40-14-6-3-7-15-40/h2-35,37,52H,36H2,1H3. The van der Waals surface area contributed by atoms with Crippen molar-refractivity contribution >= 4 is 17.1 Å². The highest BCUT2D eigenvalue weighted by atomic mass is 15.1. The van der Waals surface area contributed by atoms with E-state index in [1.807, 2.05) is 0 Å². The topological polar surface area (TPSA) is 3.24 Å². The average Bonchev–Trinajstić information content (AvgIpc) is 3.25. The molecule has 8 aromatic carbocycles. The van der Waals surface area contributed by atoms with Crippen LogP contribution in [-0.2, 0) is 6.42 Å². The van der Waals surface area contributed by atoms with E-state index in [0.29, 0.717) is 11.8 Å². The van der Waals surface area contributed by atoms with Crippen LogP contribution >= 0.6 is 0 Å². The lowest BCUT2D eigenvalue weighted by molar-refractivity contribution is 0.568. The van der Waals surface area contributed by atoms with Crippen molar-refractivity contribution in [2.24, 2.45) is 0 Å². The Morgan fingerprint density at radius 3 is 1.25 bits per heavy atom. The molecule has 254 valence electrons. The molecular formula is C52H41N. The van der Waals surface area contributed by atoms with Crippen LogP contribution in [0.4, 0.5) is 17.1 Å². The number of hydrogen-bond donors (Lipinski definition) is 0. The van der Waals surface area contributed by atoms with Crippen molar-refractivity contribution in [1.29, 1.82) is 0 Å². The Labute approximate surface area is 313 Å². The fourth-order valence-corrected chi connectivity index (χ4v) is 8.15. The van der Waals surface area contributed by atoms with Crippen LogP contribution in [0.3, 0.4) is 0 Å². The molecule has 1 heteroatoms. The highest BCUT2D eigenvalue weighted by Gasteiger charge is 2.29. The lowest BCUT2D eigenvalue weighted by Crippen LogP contribution is -2.17. The van der Waals surface area contributed by atoms with Gasteiger partial charge in [0.2, 0.25) is 0 Å². The first-order valence-electron chi connectivity index (χ1n) is 18.7. The summed E-state index contributed by atoms with van der Waals surface area (Å²) in [5.41, 5.74) is 17.7. The molecule has 0 spiro atoms. The zero-order valence-electron chi connectivity index (χ0n) is 29.9. The SMILES string of the molecule is CC(c1ccc(-c2ccc(N(c3ccc(-c4ccccc4)cc3)c3ccc(-c4ccccc4)cc3)cc2)cc1)C1Cc2ccccc2-c2ccccc21.